The number of benzene rings is 1. The molecular weight excluding hydrogens is 387 g/mol. The van der Waals surface area contributed by atoms with E-state index in [1.807, 2.05) is 0 Å². The second-order valence-electron chi connectivity index (χ2n) is 7.32. The highest BCUT2D eigenvalue weighted by Gasteiger charge is 2.37. The molecule has 0 bridgehead atoms. The van der Waals surface area contributed by atoms with Gasteiger partial charge in [-0.2, -0.15) is 13.2 Å². The summed E-state index contributed by atoms with van der Waals surface area (Å²) in [5.41, 5.74) is -0.760. The number of hydrogen-bond acceptors (Lipinski definition) is 4. The zero-order chi connectivity index (χ0) is 21.1. The second kappa shape index (κ2) is 8.40. The number of urea groups is 1. The quantitative estimate of drug-likeness (QED) is 0.793. The Bertz CT molecular complexity index is 846. The Morgan fingerprint density at radius 3 is 2.69 bits per heavy atom. The van der Waals surface area contributed by atoms with Crippen molar-refractivity contribution in [3.05, 3.63) is 47.5 Å². The van der Waals surface area contributed by atoms with Gasteiger partial charge in [0, 0.05) is 32.2 Å². The molecule has 1 aromatic heterocycles. The van der Waals surface area contributed by atoms with E-state index in [9.17, 15) is 18.0 Å². The van der Waals surface area contributed by atoms with Crippen molar-refractivity contribution in [1.29, 1.82) is 0 Å². The summed E-state index contributed by atoms with van der Waals surface area (Å²) in [6.45, 7) is 2.83. The van der Waals surface area contributed by atoms with Crippen LogP contribution in [-0.4, -0.2) is 40.6 Å². The molecule has 1 atom stereocenters. The van der Waals surface area contributed by atoms with Crippen molar-refractivity contribution in [2.24, 2.45) is 7.05 Å². The molecule has 1 aliphatic heterocycles. The topological polar surface area (TPSA) is 81.1 Å². The van der Waals surface area contributed by atoms with Gasteiger partial charge >= 0.3 is 12.2 Å². The van der Waals surface area contributed by atoms with Crippen LogP contribution in [0.4, 0.5) is 18.0 Å². The molecule has 1 fully saturated rings. The number of rotatable bonds is 5. The standard InChI is InChI=1S/C19H24F3N5O2/c1-13(16-26-24-12-27(16)2)25-17(28)23-11-18(6-8-29-9-7-18)14-4-3-5-15(10-14)19(20,21)22/h3-5,10,12-13H,6-9,11H2,1-2H3,(H2,23,25,28). The smallest absolute Gasteiger partial charge is 0.381 e. The number of ether oxygens (including phenoxy) is 1. The molecule has 0 saturated carbocycles. The van der Waals surface area contributed by atoms with Gasteiger partial charge in [0.2, 0.25) is 0 Å². The van der Waals surface area contributed by atoms with Crippen molar-refractivity contribution in [1.82, 2.24) is 25.4 Å². The summed E-state index contributed by atoms with van der Waals surface area (Å²) in [6.07, 6.45) is -1.84. The van der Waals surface area contributed by atoms with Crippen LogP contribution in [0.3, 0.4) is 0 Å². The van der Waals surface area contributed by atoms with Gasteiger partial charge in [-0.05, 0) is 31.4 Å². The molecule has 0 radical (unpaired) electrons. The van der Waals surface area contributed by atoms with Crippen LogP contribution < -0.4 is 10.6 Å². The lowest BCUT2D eigenvalue weighted by atomic mass is 9.73. The average Bonchev–Trinajstić information content (AvgIpc) is 3.13. The number of carbonyl (C=O) groups excluding carboxylic acids is 1. The zero-order valence-electron chi connectivity index (χ0n) is 16.3. The monoisotopic (exact) mass is 411 g/mol. The predicted octanol–water partition coefficient (Wildman–Crippen LogP) is 2.94. The molecule has 7 nitrogen and oxygen atoms in total. The highest BCUT2D eigenvalue weighted by atomic mass is 19.4. The molecule has 1 aromatic carbocycles. The van der Waals surface area contributed by atoms with Gasteiger partial charge in [0.15, 0.2) is 5.82 Å². The molecular formula is C19H24F3N5O2. The summed E-state index contributed by atoms with van der Waals surface area (Å²) >= 11 is 0. The van der Waals surface area contributed by atoms with Crippen LogP contribution in [0.1, 0.15) is 42.8 Å². The lowest BCUT2D eigenvalue weighted by Gasteiger charge is -2.38. The molecule has 1 unspecified atom stereocenters. The summed E-state index contributed by atoms with van der Waals surface area (Å²) < 4.78 is 46.6. The number of nitrogens with zero attached hydrogens (tertiary/aromatic N) is 3. The molecule has 1 saturated heterocycles. The molecule has 2 N–H and O–H groups in total. The Morgan fingerprint density at radius 1 is 1.34 bits per heavy atom. The van der Waals surface area contributed by atoms with E-state index in [0.29, 0.717) is 37.4 Å². The predicted molar refractivity (Wildman–Crippen MR) is 99.1 cm³/mol. The maximum atomic E-state index is 13.2. The van der Waals surface area contributed by atoms with E-state index in [0.717, 1.165) is 6.07 Å². The van der Waals surface area contributed by atoms with Crippen molar-refractivity contribution in [2.75, 3.05) is 19.8 Å². The third-order valence-corrected chi connectivity index (χ3v) is 5.32. The molecule has 3 rings (SSSR count). The lowest BCUT2D eigenvalue weighted by molar-refractivity contribution is -0.137. The summed E-state index contributed by atoms with van der Waals surface area (Å²) in [6, 6.07) is 4.53. The fourth-order valence-corrected chi connectivity index (χ4v) is 3.60. The normalized spacial score (nSPS) is 17.6. The van der Waals surface area contributed by atoms with E-state index in [4.69, 9.17) is 4.74 Å². The van der Waals surface area contributed by atoms with Gasteiger partial charge in [-0.15, -0.1) is 10.2 Å². The van der Waals surface area contributed by atoms with E-state index in [1.165, 1.54) is 18.5 Å². The minimum Gasteiger partial charge on any atom is -0.381 e. The highest BCUT2D eigenvalue weighted by molar-refractivity contribution is 5.74. The molecule has 0 spiro atoms. The highest BCUT2D eigenvalue weighted by Crippen LogP contribution is 2.37. The molecule has 10 heteroatoms. The summed E-state index contributed by atoms with van der Waals surface area (Å²) in [7, 11) is 1.77. The third kappa shape index (κ3) is 4.87. The Labute approximate surface area is 166 Å². The molecule has 2 heterocycles. The number of hydrogen-bond donors (Lipinski definition) is 2. The van der Waals surface area contributed by atoms with Crippen molar-refractivity contribution in [3.63, 3.8) is 0 Å². The first-order chi connectivity index (χ1) is 13.7. The van der Waals surface area contributed by atoms with Crippen LogP contribution >= 0.6 is 0 Å². The van der Waals surface area contributed by atoms with E-state index in [-0.39, 0.29) is 12.6 Å². The van der Waals surface area contributed by atoms with Crippen molar-refractivity contribution in [3.8, 4) is 0 Å². The number of aromatic nitrogens is 3. The molecule has 158 valence electrons. The van der Waals surface area contributed by atoms with Crippen LogP contribution in [0.5, 0.6) is 0 Å². The Hall–Kier alpha value is -2.62. The number of amides is 2. The fourth-order valence-electron chi connectivity index (χ4n) is 3.60. The number of carbonyl (C=O) groups is 1. The average molecular weight is 411 g/mol. The second-order valence-corrected chi connectivity index (χ2v) is 7.32. The molecule has 0 aliphatic carbocycles. The third-order valence-electron chi connectivity index (χ3n) is 5.32. The van der Waals surface area contributed by atoms with Gasteiger partial charge in [-0.3, -0.25) is 0 Å². The van der Waals surface area contributed by atoms with Crippen molar-refractivity contribution in [2.45, 2.75) is 37.4 Å². The summed E-state index contributed by atoms with van der Waals surface area (Å²) in [5, 5.41) is 13.3. The van der Waals surface area contributed by atoms with Crippen LogP contribution in [0.15, 0.2) is 30.6 Å². The van der Waals surface area contributed by atoms with Gasteiger partial charge in [0.25, 0.3) is 0 Å². The molecule has 1 aliphatic rings. The number of nitrogens with one attached hydrogen (secondary N) is 2. The first-order valence-electron chi connectivity index (χ1n) is 9.35. The maximum Gasteiger partial charge on any atom is 0.416 e. The van der Waals surface area contributed by atoms with E-state index < -0.39 is 23.2 Å². The van der Waals surface area contributed by atoms with Crippen LogP contribution in [0, 0.1) is 0 Å². The summed E-state index contributed by atoms with van der Waals surface area (Å²) in [5.74, 6) is 0.596. The largest absolute Gasteiger partial charge is 0.416 e. The molecule has 29 heavy (non-hydrogen) atoms. The van der Waals surface area contributed by atoms with E-state index in [1.54, 1.807) is 24.6 Å². The number of alkyl halides is 3. The van der Waals surface area contributed by atoms with Crippen molar-refractivity contribution < 1.29 is 22.7 Å². The summed E-state index contributed by atoms with van der Waals surface area (Å²) in [4.78, 5) is 12.4. The van der Waals surface area contributed by atoms with Crippen molar-refractivity contribution >= 4 is 6.03 Å². The van der Waals surface area contributed by atoms with E-state index in [2.05, 4.69) is 20.8 Å². The maximum absolute atomic E-state index is 13.2. The zero-order valence-corrected chi connectivity index (χ0v) is 16.3. The lowest BCUT2D eigenvalue weighted by Crippen LogP contribution is -2.48. The van der Waals surface area contributed by atoms with Gasteiger partial charge < -0.3 is 19.9 Å². The Morgan fingerprint density at radius 2 is 2.07 bits per heavy atom. The van der Waals surface area contributed by atoms with Gasteiger partial charge in [-0.25, -0.2) is 4.79 Å². The Balaban J connectivity index is 1.73. The number of halogens is 3. The fraction of sp³-hybridized carbons (Fsp3) is 0.526. The van der Waals surface area contributed by atoms with Gasteiger partial charge in [0.05, 0.1) is 11.6 Å². The molecule has 2 amide bonds. The van der Waals surface area contributed by atoms with Gasteiger partial charge in [0.1, 0.15) is 6.33 Å². The minimum atomic E-state index is -4.42. The first-order valence-corrected chi connectivity index (χ1v) is 9.35. The Kier molecular flexibility index (Phi) is 6.11. The van der Waals surface area contributed by atoms with Gasteiger partial charge in [-0.1, -0.05) is 18.2 Å². The minimum absolute atomic E-state index is 0.203. The SMILES string of the molecule is CC(NC(=O)NCC1(c2cccc(C(F)(F)F)c2)CCOCC1)c1nncn1C. The van der Waals surface area contributed by atoms with Crippen LogP contribution in [-0.2, 0) is 23.4 Å². The molecule has 2 aromatic rings. The van der Waals surface area contributed by atoms with Crippen LogP contribution in [0.25, 0.3) is 0 Å². The van der Waals surface area contributed by atoms with E-state index >= 15 is 0 Å². The number of aryl methyl sites for hydroxylation is 1. The van der Waals surface area contributed by atoms with Crippen LogP contribution in [0.2, 0.25) is 0 Å². The first kappa shape index (κ1) is 21.1.